The lowest BCUT2D eigenvalue weighted by atomic mass is 10.1. The summed E-state index contributed by atoms with van der Waals surface area (Å²) in [5.74, 6) is 0.685. The van der Waals surface area contributed by atoms with E-state index in [2.05, 4.69) is 16.3 Å². The van der Waals surface area contributed by atoms with Crippen molar-refractivity contribution in [1.29, 1.82) is 5.26 Å². The molecule has 0 aliphatic carbocycles. The average Bonchev–Trinajstić information content (AvgIpc) is 2.97. The zero-order valence-electron chi connectivity index (χ0n) is 10.4. The third-order valence-corrected chi connectivity index (χ3v) is 3.15. The standard InChI is InChI=1S/C15H9ClN4/c16-13-4-6-14(7-5-13)20-10-18-19-15(20)12-3-1-2-11(8-12)9-17/h1-8,10H. The van der Waals surface area contributed by atoms with Crippen molar-refractivity contribution < 1.29 is 0 Å². The van der Waals surface area contributed by atoms with E-state index in [1.54, 1.807) is 18.5 Å². The van der Waals surface area contributed by atoms with Crippen molar-refractivity contribution in [1.82, 2.24) is 14.8 Å². The number of nitriles is 1. The second-order valence-electron chi connectivity index (χ2n) is 4.19. The van der Waals surface area contributed by atoms with Crippen LogP contribution in [0.2, 0.25) is 5.02 Å². The maximum atomic E-state index is 8.97. The maximum Gasteiger partial charge on any atom is 0.168 e. The van der Waals surface area contributed by atoms with E-state index >= 15 is 0 Å². The summed E-state index contributed by atoms with van der Waals surface area (Å²) >= 11 is 5.89. The first-order valence-corrected chi connectivity index (χ1v) is 6.32. The Bertz CT molecular complexity index is 784. The Morgan fingerprint density at radius 3 is 2.65 bits per heavy atom. The fourth-order valence-corrected chi connectivity index (χ4v) is 2.08. The summed E-state index contributed by atoms with van der Waals surface area (Å²) in [4.78, 5) is 0. The van der Waals surface area contributed by atoms with Gasteiger partial charge in [-0.05, 0) is 36.4 Å². The van der Waals surface area contributed by atoms with Gasteiger partial charge in [0.1, 0.15) is 6.33 Å². The first-order chi connectivity index (χ1) is 9.78. The molecule has 0 aliphatic heterocycles. The van der Waals surface area contributed by atoms with Crippen LogP contribution in [0.4, 0.5) is 0 Å². The molecule has 0 bridgehead atoms. The molecule has 0 aliphatic rings. The second kappa shape index (κ2) is 5.16. The van der Waals surface area contributed by atoms with Crippen LogP contribution < -0.4 is 0 Å². The van der Waals surface area contributed by atoms with Gasteiger partial charge in [-0.1, -0.05) is 23.7 Å². The zero-order chi connectivity index (χ0) is 13.9. The van der Waals surface area contributed by atoms with Crippen LogP contribution in [0.1, 0.15) is 5.56 Å². The van der Waals surface area contributed by atoms with E-state index in [0.29, 0.717) is 16.4 Å². The van der Waals surface area contributed by atoms with Crippen LogP contribution in [-0.2, 0) is 0 Å². The minimum Gasteiger partial charge on any atom is -0.282 e. The molecular weight excluding hydrogens is 272 g/mol. The number of hydrogen-bond acceptors (Lipinski definition) is 3. The average molecular weight is 281 g/mol. The molecule has 1 heterocycles. The second-order valence-corrected chi connectivity index (χ2v) is 4.63. The quantitative estimate of drug-likeness (QED) is 0.722. The maximum absolute atomic E-state index is 8.97. The van der Waals surface area contributed by atoms with E-state index in [-0.39, 0.29) is 0 Å². The highest BCUT2D eigenvalue weighted by Gasteiger charge is 2.09. The van der Waals surface area contributed by atoms with Crippen molar-refractivity contribution in [3.63, 3.8) is 0 Å². The largest absolute Gasteiger partial charge is 0.282 e. The van der Waals surface area contributed by atoms with Crippen LogP contribution in [-0.4, -0.2) is 14.8 Å². The van der Waals surface area contributed by atoms with Gasteiger partial charge < -0.3 is 0 Å². The molecule has 4 nitrogen and oxygen atoms in total. The van der Waals surface area contributed by atoms with Gasteiger partial charge in [0.15, 0.2) is 5.82 Å². The van der Waals surface area contributed by atoms with E-state index in [0.717, 1.165) is 11.3 Å². The van der Waals surface area contributed by atoms with Gasteiger partial charge in [0, 0.05) is 16.3 Å². The molecule has 0 saturated carbocycles. The Labute approximate surface area is 120 Å². The number of rotatable bonds is 2. The van der Waals surface area contributed by atoms with E-state index < -0.39 is 0 Å². The molecule has 0 fully saturated rings. The summed E-state index contributed by atoms with van der Waals surface area (Å²) in [6.45, 7) is 0. The van der Waals surface area contributed by atoms with Crippen molar-refractivity contribution in [3.8, 4) is 23.1 Å². The predicted octanol–water partition coefficient (Wildman–Crippen LogP) is 3.46. The Morgan fingerprint density at radius 1 is 1.10 bits per heavy atom. The van der Waals surface area contributed by atoms with Crippen LogP contribution >= 0.6 is 11.6 Å². The number of aromatic nitrogens is 3. The summed E-state index contributed by atoms with van der Waals surface area (Å²) in [5.41, 5.74) is 2.35. The highest BCUT2D eigenvalue weighted by Crippen LogP contribution is 2.22. The lowest BCUT2D eigenvalue weighted by Crippen LogP contribution is -1.96. The number of hydrogen-bond donors (Lipinski definition) is 0. The van der Waals surface area contributed by atoms with Crippen molar-refractivity contribution >= 4 is 11.6 Å². The first-order valence-electron chi connectivity index (χ1n) is 5.94. The molecule has 0 spiro atoms. The fourth-order valence-electron chi connectivity index (χ4n) is 1.95. The Balaban J connectivity index is 2.10. The van der Waals surface area contributed by atoms with Crippen LogP contribution in [0.5, 0.6) is 0 Å². The third-order valence-electron chi connectivity index (χ3n) is 2.90. The van der Waals surface area contributed by atoms with Gasteiger partial charge in [0.2, 0.25) is 0 Å². The van der Waals surface area contributed by atoms with Gasteiger partial charge in [-0.2, -0.15) is 5.26 Å². The van der Waals surface area contributed by atoms with Crippen LogP contribution in [0.25, 0.3) is 17.1 Å². The molecule has 5 heteroatoms. The predicted molar refractivity (Wildman–Crippen MR) is 76.5 cm³/mol. The van der Waals surface area contributed by atoms with Gasteiger partial charge in [0.25, 0.3) is 0 Å². The molecule has 2 aromatic carbocycles. The molecule has 0 saturated heterocycles. The summed E-state index contributed by atoms with van der Waals surface area (Å²) in [6, 6.07) is 16.8. The molecule has 1 aromatic heterocycles. The monoisotopic (exact) mass is 280 g/mol. The van der Waals surface area contributed by atoms with Crippen LogP contribution in [0.15, 0.2) is 54.9 Å². The number of benzene rings is 2. The van der Waals surface area contributed by atoms with Gasteiger partial charge in [0.05, 0.1) is 11.6 Å². The molecule has 0 radical (unpaired) electrons. The van der Waals surface area contributed by atoms with E-state index in [1.165, 1.54) is 0 Å². The van der Waals surface area contributed by atoms with E-state index in [4.69, 9.17) is 16.9 Å². The van der Waals surface area contributed by atoms with Crippen LogP contribution in [0, 0.1) is 11.3 Å². The van der Waals surface area contributed by atoms with E-state index in [9.17, 15) is 0 Å². The summed E-state index contributed by atoms with van der Waals surface area (Å²) < 4.78 is 1.85. The normalized spacial score (nSPS) is 10.2. The molecule has 0 unspecified atom stereocenters. The van der Waals surface area contributed by atoms with Crippen molar-refractivity contribution in [2.45, 2.75) is 0 Å². The van der Waals surface area contributed by atoms with Gasteiger partial charge in [-0.15, -0.1) is 10.2 Å². The van der Waals surface area contributed by atoms with E-state index in [1.807, 2.05) is 41.0 Å². The zero-order valence-corrected chi connectivity index (χ0v) is 11.1. The minimum absolute atomic E-state index is 0.591. The van der Waals surface area contributed by atoms with Crippen molar-refractivity contribution in [2.24, 2.45) is 0 Å². The first kappa shape index (κ1) is 12.4. The molecule has 96 valence electrons. The number of halogens is 1. The highest BCUT2D eigenvalue weighted by atomic mass is 35.5. The van der Waals surface area contributed by atoms with Crippen LogP contribution in [0.3, 0.4) is 0 Å². The van der Waals surface area contributed by atoms with Crippen molar-refractivity contribution in [3.05, 3.63) is 65.4 Å². The molecule has 3 rings (SSSR count). The Hall–Kier alpha value is -2.64. The molecule has 0 N–H and O–H groups in total. The van der Waals surface area contributed by atoms with Crippen molar-refractivity contribution in [2.75, 3.05) is 0 Å². The summed E-state index contributed by atoms with van der Waals surface area (Å²) in [7, 11) is 0. The number of nitrogens with zero attached hydrogens (tertiary/aromatic N) is 4. The fraction of sp³-hybridized carbons (Fsp3) is 0. The van der Waals surface area contributed by atoms with Gasteiger partial charge >= 0.3 is 0 Å². The SMILES string of the molecule is N#Cc1cccc(-c2nncn2-c2ccc(Cl)cc2)c1. The Kier molecular flexibility index (Phi) is 3.20. The third kappa shape index (κ3) is 2.27. The lowest BCUT2D eigenvalue weighted by molar-refractivity contribution is 1.06. The molecular formula is C15H9ClN4. The lowest BCUT2D eigenvalue weighted by Gasteiger charge is -2.06. The highest BCUT2D eigenvalue weighted by molar-refractivity contribution is 6.30. The topological polar surface area (TPSA) is 54.5 Å². The Morgan fingerprint density at radius 2 is 1.90 bits per heavy atom. The molecule has 0 atom stereocenters. The molecule has 3 aromatic rings. The summed E-state index contributed by atoms with van der Waals surface area (Å²) in [6.07, 6.45) is 1.64. The molecule has 20 heavy (non-hydrogen) atoms. The smallest absolute Gasteiger partial charge is 0.168 e. The van der Waals surface area contributed by atoms with Gasteiger partial charge in [-0.3, -0.25) is 4.57 Å². The van der Waals surface area contributed by atoms with Gasteiger partial charge in [-0.25, -0.2) is 0 Å². The molecule has 0 amide bonds. The minimum atomic E-state index is 0.591. The summed E-state index contributed by atoms with van der Waals surface area (Å²) in [5, 5.41) is 17.7.